The number of thioether (sulfide) groups is 1. The molecule has 20 heavy (non-hydrogen) atoms. The molecule has 1 N–H and O–H groups in total. The summed E-state index contributed by atoms with van der Waals surface area (Å²) in [6.07, 6.45) is -0.803. The van der Waals surface area contributed by atoms with Crippen LogP contribution in [0.5, 0.6) is 0 Å². The molecule has 2 fully saturated rings. The van der Waals surface area contributed by atoms with Crippen LogP contribution in [0.3, 0.4) is 0 Å². The molecule has 2 unspecified atom stereocenters. The first kappa shape index (κ1) is 14.2. The van der Waals surface area contributed by atoms with Gasteiger partial charge in [0.05, 0.1) is 6.42 Å². The lowest BCUT2D eigenvalue weighted by Gasteiger charge is -2.25. The van der Waals surface area contributed by atoms with Crippen molar-refractivity contribution in [3.8, 4) is 0 Å². The van der Waals surface area contributed by atoms with Crippen LogP contribution in [0, 0.1) is 11.8 Å². The van der Waals surface area contributed by atoms with Gasteiger partial charge in [-0.05, 0) is 38.0 Å². The second kappa shape index (κ2) is 4.64. The van der Waals surface area contributed by atoms with Crippen LogP contribution in [0.1, 0.15) is 39.0 Å². The van der Waals surface area contributed by atoms with Gasteiger partial charge in [-0.2, -0.15) is 18.2 Å². The van der Waals surface area contributed by atoms with E-state index in [4.69, 9.17) is 0 Å². The number of nitrogens with zero attached hydrogens (tertiary/aromatic N) is 1. The molecule has 0 aromatic carbocycles. The molecule has 0 aromatic rings. The molecule has 2 saturated carbocycles. The molecule has 4 atom stereocenters. The highest BCUT2D eigenvalue weighted by molar-refractivity contribution is 8.16. The number of halogens is 3. The minimum atomic E-state index is -4.35. The summed E-state index contributed by atoms with van der Waals surface area (Å²) in [6.45, 7) is 1.33. The van der Waals surface area contributed by atoms with E-state index in [9.17, 15) is 18.0 Å². The molecular formula is C13H17F3N2OS. The van der Waals surface area contributed by atoms with Crippen LogP contribution >= 0.6 is 11.8 Å². The number of amides is 1. The van der Waals surface area contributed by atoms with Gasteiger partial charge >= 0.3 is 6.18 Å². The largest absolute Gasteiger partial charge is 0.390 e. The van der Waals surface area contributed by atoms with Crippen molar-refractivity contribution < 1.29 is 18.0 Å². The highest BCUT2D eigenvalue weighted by atomic mass is 32.2. The minimum Gasteiger partial charge on any atom is -0.361 e. The SMILES string of the molecule is CC1(CC(F)(F)F)SC(NC2C[C@@H]3CC[C@H]2C3)=NC1=O. The first-order valence-corrected chi connectivity index (χ1v) is 7.72. The molecule has 0 radical (unpaired) electrons. The summed E-state index contributed by atoms with van der Waals surface area (Å²) in [5, 5.41) is 3.58. The Bertz CT molecular complexity index is 465. The molecule has 1 aliphatic heterocycles. The zero-order valence-electron chi connectivity index (χ0n) is 11.2. The lowest BCUT2D eigenvalue weighted by Crippen LogP contribution is -2.38. The lowest BCUT2D eigenvalue weighted by molar-refractivity contribution is -0.147. The number of carbonyl (C=O) groups is 1. The van der Waals surface area contributed by atoms with Gasteiger partial charge in [0.15, 0.2) is 5.17 Å². The van der Waals surface area contributed by atoms with Crippen LogP contribution in [0.25, 0.3) is 0 Å². The average Bonchev–Trinajstić information content (AvgIpc) is 2.92. The third kappa shape index (κ3) is 2.69. The Morgan fingerprint density at radius 3 is 2.70 bits per heavy atom. The quantitative estimate of drug-likeness (QED) is 0.852. The van der Waals surface area contributed by atoms with Crippen molar-refractivity contribution in [1.82, 2.24) is 5.32 Å². The third-order valence-electron chi connectivity index (χ3n) is 4.56. The second-order valence-electron chi connectivity index (χ2n) is 6.27. The molecule has 112 valence electrons. The van der Waals surface area contributed by atoms with Gasteiger partial charge in [-0.15, -0.1) is 0 Å². The van der Waals surface area contributed by atoms with Gasteiger partial charge in [-0.3, -0.25) is 4.79 Å². The minimum absolute atomic E-state index is 0.279. The summed E-state index contributed by atoms with van der Waals surface area (Å²) in [7, 11) is 0. The standard InChI is InChI=1S/C13H17F3N2OS/c1-12(6-13(14,15)16)10(19)18-11(20-12)17-9-5-7-2-3-8(9)4-7/h7-9H,2-6H2,1H3,(H,17,18,19)/t7-,8+,9?,12?/m1/s1. The predicted molar refractivity (Wildman–Crippen MR) is 71.5 cm³/mol. The number of nitrogens with one attached hydrogen (secondary N) is 1. The number of rotatable bonds is 2. The maximum Gasteiger partial charge on any atom is 0.390 e. The van der Waals surface area contributed by atoms with Gasteiger partial charge < -0.3 is 5.32 Å². The number of amidine groups is 1. The summed E-state index contributed by atoms with van der Waals surface area (Å²) in [4.78, 5) is 15.6. The molecule has 0 aromatic heterocycles. The number of hydrogen-bond acceptors (Lipinski definition) is 3. The summed E-state index contributed by atoms with van der Waals surface area (Å²) in [6, 6.07) is 0.279. The van der Waals surface area contributed by atoms with Gasteiger partial charge in [0.1, 0.15) is 4.75 Å². The fourth-order valence-corrected chi connectivity index (χ4v) is 4.76. The Hall–Kier alpha value is -0.720. The van der Waals surface area contributed by atoms with Crippen LogP contribution in [-0.2, 0) is 4.79 Å². The zero-order chi connectivity index (χ0) is 14.5. The van der Waals surface area contributed by atoms with E-state index >= 15 is 0 Å². The topological polar surface area (TPSA) is 41.5 Å². The molecule has 3 rings (SSSR count). The van der Waals surface area contributed by atoms with E-state index in [1.54, 1.807) is 0 Å². The maximum absolute atomic E-state index is 12.5. The molecule has 0 saturated heterocycles. The summed E-state index contributed by atoms with van der Waals surface area (Å²) < 4.78 is 36.1. The Kier molecular flexibility index (Phi) is 3.30. The van der Waals surface area contributed by atoms with Gasteiger partial charge in [-0.25, -0.2) is 0 Å². The number of hydrogen-bond donors (Lipinski definition) is 1. The highest BCUT2D eigenvalue weighted by Gasteiger charge is 2.50. The van der Waals surface area contributed by atoms with Crippen molar-refractivity contribution in [3.05, 3.63) is 0 Å². The van der Waals surface area contributed by atoms with Crippen LogP contribution < -0.4 is 5.32 Å². The zero-order valence-corrected chi connectivity index (χ0v) is 12.0. The number of alkyl halides is 3. The molecule has 1 heterocycles. The van der Waals surface area contributed by atoms with Gasteiger partial charge in [0, 0.05) is 6.04 Å². The Labute approximate surface area is 119 Å². The fourth-order valence-electron chi connectivity index (χ4n) is 3.63. The molecule has 2 aliphatic carbocycles. The molecule has 1 amide bonds. The van der Waals surface area contributed by atoms with E-state index in [0.29, 0.717) is 11.1 Å². The van der Waals surface area contributed by atoms with Gasteiger partial charge in [-0.1, -0.05) is 18.2 Å². The number of fused-ring (bicyclic) bond motifs is 2. The van der Waals surface area contributed by atoms with Crippen molar-refractivity contribution in [2.24, 2.45) is 16.8 Å². The molecular weight excluding hydrogens is 289 g/mol. The first-order chi connectivity index (χ1) is 9.25. The van der Waals surface area contributed by atoms with E-state index in [1.807, 2.05) is 0 Å². The smallest absolute Gasteiger partial charge is 0.361 e. The van der Waals surface area contributed by atoms with Crippen molar-refractivity contribution in [3.63, 3.8) is 0 Å². The lowest BCUT2D eigenvalue weighted by atomic mass is 9.96. The van der Waals surface area contributed by atoms with Crippen LogP contribution in [-0.4, -0.2) is 28.0 Å². The summed E-state index contributed by atoms with van der Waals surface area (Å²) in [5.74, 6) is 0.653. The second-order valence-corrected chi connectivity index (χ2v) is 7.76. The normalized spacial score (nSPS) is 40.3. The Morgan fingerprint density at radius 1 is 1.40 bits per heavy atom. The monoisotopic (exact) mass is 306 g/mol. The van der Waals surface area contributed by atoms with Crippen LogP contribution in [0.2, 0.25) is 0 Å². The third-order valence-corrected chi connectivity index (χ3v) is 5.73. The van der Waals surface area contributed by atoms with E-state index in [0.717, 1.165) is 24.1 Å². The van der Waals surface area contributed by atoms with E-state index in [-0.39, 0.29) is 6.04 Å². The van der Waals surface area contributed by atoms with Crippen LogP contribution in [0.4, 0.5) is 13.2 Å². The van der Waals surface area contributed by atoms with Crippen molar-refractivity contribution in [2.45, 2.75) is 56.0 Å². The van der Waals surface area contributed by atoms with Crippen molar-refractivity contribution >= 4 is 22.8 Å². The number of carbonyl (C=O) groups excluding carboxylic acids is 1. The van der Waals surface area contributed by atoms with Crippen molar-refractivity contribution in [2.75, 3.05) is 0 Å². The molecule has 3 aliphatic rings. The maximum atomic E-state index is 12.5. The highest BCUT2D eigenvalue weighted by Crippen LogP contribution is 2.46. The Balaban J connectivity index is 1.63. The summed E-state index contributed by atoms with van der Waals surface area (Å²) >= 11 is 0.932. The Morgan fingerprint density at radius 2 is 2.15 bits per heavy atom. The fraction of sp³-hybridized carbons (Fsp3) is 0.846. The molecule has 7 heteroatoms. The van der Waals surface area contributed by atoms with E-state index in [2.05, 4.69) is 10.3 Å². The van der Waals surface area contributed by atoms with Gasteiger partial charge in [0.2, 0.25) is 0 Å². The summed E-state index contributed by atoms with van der Waals surface area (Å²) in [5.41, 5.74) is 0. The molecule has 0 spiro atoms. The molecule has 3 nitrogen and oxygen atoms in total. The first-order valence-electron chi connectivity index (χ1n) is 6.91. The van der Waals surface area contributed by atoms with Crippen LogP contribution in [0.15, 0.2) is 4.99 Å². The number of aliphatic imine (C=N–C) groups is 1. The average molecular weight is 306 g/mol. The molecule has 2 bridgehead atoms. The predicted octanol–water partition coefficient (Wildman–Crippen LogP) is 3.11. The van der Waals surface area contributed by atoms with E-state index < -0.39 is 23.3 Å². The van der Waals surface area contributed by atoms with E-state index in [1.165, 1.54) is 26.2 Å². The van der Waals surface area contributed by atoms with Gasteiger partial charge in [0.25, 0.3) is 5.91 Å². The van der Waals surface area contributed by atoms with Crippen molar-refractivity contribution in [1.29, 1.82) is 0 Å².